The van der Waals surface area contributed by atoms with Crippen molar-refractivity contribution in [1.29, 1.82) is 0 Å². The van der Waals surface area contributed by atoms with Gasteiger partial charge in [0.05, 0.1) is 10.6 Å². The molecule has 9 nitrogen and oxygen atoms in total. The summed E-state index contributed by atoms with van der Waals surface area (Å²) < 4.78 is 27.3. The van der Waals surface area contributed by atoms with Crippen molar-refractivity contribution >= 4 is 50.8 Å². The SMILES string of the molecule is CCc1ccccc1N1C(=O)C(Cl)=C(Nc2ccc(S(=O)(=O)Nc3ncccn3)cc2)C1=O. The van der Waals surface area contributed by atoms with Crippen LogP contribution >= 0.6 is 11.6 Å². The van der Waals surface area contributed by atoms with E-state index in [1.165, 1.54) is 36.7 Å². The number of aryl methyl sites for hydroxylation is 1. The summed E-state index contributed by atoms with van der Waals surface area (Å²) in [5.41, 5.74) is 1.60. The highest BCUT2D eigenvalue weighted by Crippen LogP contribution is 2.32. The molecule has 2 N–H and O–H groups in total. The van der Waals surface area contributed by atoms with Gasteiger partial charge >= 0.3 is 0 Å². The molecule has 1 aliphatic heterocycles. The molecular weight excluding hydrogens is 466 g/mol. The number of rotatable bonds is 7. The molecule has 0 unspecified atom stereocenters. The molecule has 1 aliphatic rings. The van der Waals surface area contributed by atoms with Crippen LogP contribution in [-0.2, 0) is 26.0 Å². The van der Waals surface area contributed by atoms with Gasteiger partial charge in [0.15, 0.2) is 0 Å². The molecule has 168 valence electrons. The van der Waals surface area contributed by atoms with Gasteiger partial charge in [0.2, 0.25) is 5.95 Å². The second-order valence-electron chi connectivity index (χ2n) is 6.94. The molecule has 0 aliphatic carbocycles. The summed E-state index contributed by atoms with van der Waals surface area (Å²) in [5.74, 6) is -1.28. The zero-order valence-corrected chi connectivity index (χ0v) is 18.9. The molecule has 0 saturated heterocycles. The van der Waals surface area contributed by atoms with Crippen molar-refractivity contribution in [3.63, 3.8) is 0 Å². The zero-order chi connectivity index (χ0) is 23.6. The van der Waals surface area contributed by atoms with Gasteiger partial charge in [0.25, 0.3) is 21.8 Å². The van der Waals surface area contributed by atoms with E-state index in [-0.39, 0.29) is 21.6 Å². The predicted octanol–water partition coefficient (Wildman–Crippen LogP) is 3.28. The molecule has 0 saturated carbocycles. The molecule has 33 heavy (non-hydrogen) atoms. The smallest absolute Gasteiger partial charge is 0.283 e. The molecule has 0 bridgehead atoms. The lowest BCUT2D eigenvalue weighted by Crippen LogP contribution is -2.33. The van der Waals surface area contributed by atoms with E-state index in [1.807, 2.05) is 19.1 Å². The summed E-state index contributed by atoms with van der Waals surface area (Å²) in [5, 5.41) is 2.59. The van der Waals surface area contributed by atoms with Gasteiger partial charge in [0, 0.05) is 18.1 Å². The first kappa shape index (κ1) is 22.4. The molecule has 4 rings (SSSR count). The van der Waals surface area contributed by atoms with E-state index < -0.39 is 21.8 Å². The highest BCUT2D eigenvalue weighted by molar-refractivity contribution is 7.92. The van der Waals surface area contributed by atoms with Crippen molar-refractivity contribution in [2.75, 3.05) is 14.9 Å². The zero-order valence-electron chi connectivity index (χ0n) is 17.3. The van der Waals surface area contributed by atoms with Crippen molar-refractivity contribution in [3.8, 4) is 0 Å². The van der Waals surface area contributed by atoms with E-state index in [9.17, 15) is 18.0 Å². The largest absolute Gasteiger partial charge is 0.350 e. The fraction of sp³-hybridized carbons (Fsp3) is 0.0909. The van der Waals surface area contributed by atoms with Crippen LogP contribution < -0.4 is 14.9 Å². The minimum atomic E-state index is -3.91. The number of carbonyl (C=O) groups excluding carboxylic acids is 2. The van der Waals surface area contributed by atoms with Crippen molar-refractivity contribution < 1.29 is 18.0 Å². The van der Waals surface area contributed by atoms with Crippen LogP contribution in [0.25, 0.3) is 0 Å². The summed E-state index contributed by atoms with van der Waals surface area (Å²) in [6.45, 7) is 1.92. The molecule has 0 fully saturated rings. The Morgan fingerprint density at radius 1 is 0.939 bits per heavy atom. The number of nitrogens with one attached hydrogen (secondary N) is 2. The lowest BCUT2D eigenvalue weighted by Gasteiger charge is -2.18. The Morgan fingerprint density at radius 3 is 2.27 bits per heavy atom. The van der Waals surface area contributed by atoms with E-state index in [0.717, 1.165) is 10.5 Å². The number of hydrogen-bond donors (Lipinski definition) is 2. The van der Waals surface area contributed by atoms with Crippen molar-refractivity contribution in [2.45, 2.75) is 18.2 Å². The normalized spacial score (nSPS) is 14.1. The van der Waals surface area contributed by atoms with Crippen molar-refractivity contribution in [3.05, 3.63) is 83.3 Å². The lowest BCUT2D eigenvalue weighted by molar-refractivity contribution is -0.120. The Labute approximate surface area is 195 Å². The molecular formula is C22H18ClN5O4S. The average molecular weight is 484 g/mol. The van der Waals surface area contributed by atoms with Gasteiger partial charge in [-0.2, -0.15) is 0 Å². The van der Waals surface area contributed by atoms with Crippen molar-refractivity contribution in [2.24, 2.45) is 0 Å². The highest BCUT2D eigenvalue weighted by Gasteiger charge is 2.39. The summed E-state index contributed by atoms with van der Waals surface area (Å²) >= 11 is 6.19. The maximum Gasteiger partial charge on any atom is 0.283 e. The summed E-state index contributed by atoms with van der Waals surface area (Å²) in [4.78, 5) is 34.4. The third kappa shape index (κ3) is 4.43. The van der Waals surface area contributed by atoms with Crippen LogP contribution in [0.2, 0.25) is 0 Å². The molecule has 2 amide bonds. The number of hydrogen-bond acceptors (Lipinski definition) is 7. The van der Waals surface area contributed by atoms with Gasteiger partial charge in [-0.3, -0.25) is 9.59 Å². The number of imide groups is 1. The fourth-order valence-corrected chi connectivity index (χ4v) is 4.42. The lowest BCUT2D eigenvalue weighted by atomic mass is 10.1. The van der Waals surface area contributed by atoms with E-state index in [0.29, 0.717) is 17.8 Å². The Hall–Kier alpha value is -3.76. The third-order valence-corrected chi connectivity index (χ3v) is 6.56. The molecule has 11 heteroatoms. The van der Waals surface area contributed by atoms with E-state index in [1.54, 1.807) is 18.2 Å². The Balaban J connectivity index is 1.54. The minimum Gasteiger partial charge on any atom is -0.350 e. The van der Waals surface area contributed by atoms with E-state index >= 15 is 0 Å². The monoisotopic (exact) mass is 483 g/mol. The predicted molar refractivity (Wildman–Crippen MR) is 124 cm³/mol. The number of benzene rings is 2. The quantitative estimate of drug-likeness (QED) is 0.494. The van der Waals surface area contributed by atoms with Crippen LogP contribution in [0.4, 0.5) is 17.3 Å². The van der Waals surface area contributed by atoms with Crippen LogP contribution in [0.3, 0.4) is 0 Å². The average Bonchev–Trinajstić information content (AvgIpc) is 3.02. The number of nitrogens with zero attached hydrogens (tertiary/aromatic N) is 3. The number of halogens is 1. The second kappa shape index (κ2) is 9.00. The van der Waals surface area contributed by atoms with Crippen LogP contribution in [-0.4, -0.2) is 30.2 Å². The number of para-hydroxylation sites is 1. The van der Waals surface area contributed by atoms with Gasteiger partial charge < -0.3 is 5.32 Å². The van der Waals surface area contributed by atoms with Gasteiger partial charge in [-0.25, -0.2) is 28.0 Å². The molecule has 0 atom stereocenters. The number of anilines is 3. The Morgan fingerprint density at radius 2 is 1.61 bits per heavy atom. The fourth-order valence-electron chi connectivity index (χ4n) is 3.25. The van der Waals surface area contributed by atoms with Crippen LogP contribution in [0.5, 0.6) is 0 Å². The van der Waals surface area contributed by atoms with Gasteiger partial charge in [-0.15, -0.1) is 0 Å². The molecule has 3 aromatic rings. The maximum absolute atomic E-state index is 13.0. The first-order valence-corrected chi connectivity index (χ1v) is 11.7. The van der Waals surface area contributed by atoms with Gasteiger partial charge in [0.1, 0.15) is 10.7 Å². The maximum atomic E-state index is 13.0. The number of carbonyl (C=O) groups is 2. The van der Waals surface area contributed by atoms with Crippen molar-refractivity contribution in [1.82, 2.24) is 9.97 Å². The molecule has 2 heterocycles. The third-order valence-electron chi connectivity index (χ3n) is 4.87. The standard InChI is InChI=1S/C22H18ClN5O4S/c1-2-14-6-3-4-7-17(14)28-20(29)18(23)19(21(28)30)26-15-8-10-16(11-9-15)33(31,32)27-22-24-12-5-13-25-22/h3-13,26H,2H2,1H3,(H,24,25,27). The highest BCUT2D eigenvalue weighted by atomic mass is 35.5. The molecule has 1 aromatic heterocycles. The molecule has 0 spiro atoms. The van der Waals surface area contributed by atoms with Crippen LogP contribution in [0, 0.1) is 0 Å². The van der Waals surface area contributed by atoms with E-state index in [2.05, 4.69) is 20.0 Å². The number of sulfonamides is 1. The first-order chi connectivity index (χ1) is 15.8. The topological polar surface area (TPSA) is 121 Å². The number of amides is 2. The van der Waals surface area contributed by atoms with Gasteiger partial charge in [-0.05, 0) is 48.4 Å². The summed E-state index contributed by atoms with van der Waals surface area (Å²) in [6, 6.07) is 14.2. The summed E-state index contributed by atoms with van der Waals surface area (Å²) in [6.07, 6.45) is 3.46. The molecule has 0 radical (unpaired) electrons. The van der Waals surface area contributed by atoms with Crippen LogP contribution in [0.15, 0.2) is 82.6 Å². The van der Waals surface area contributed by atoms with Gasteiger partial charge in [-0.1, -0.05) is 36.7 Å². The minimum absolute atomic E-state index is 0.0343. The molecule has 2 aromatic carbocycles. The Bertz CT molecular complexity index is 1360. The second-order valence-corrected chi connectivity index (χ2v) is 9.00. The Kier molecular flexibility index (Phi) is 6.12. The van der Waals surface area contributed by atoms with Crippen LogP contribution in [0.1, 0.15) is 12.5 Å². The van der Waals surface area contributed by atoms with E-state index in [4.69, 9.17) is 11.6 Å². The number of aromatic nitrogens is 2. The first-order valence-electron chi connectivity index (χ1n) is 9.85. The summed E-state index contributed by atoms with van der Waals surface area (Å²) in [7, 11) is -3.91.